The SMILES string of the molecule is C=C(C)C(=O)OC(C)(OC(=O)C(=C)C)OC(=O)C(=C)C. The molecule has 20 heavy (non-hydrogen) atoms. The fourth-order valence-corrected chi connectivity index (χ4v) is 0.829. The maximum absolute atomic E-state index is 11.5. The van der Waals surface area contributed by atoms with Gasteiger partial charge in [-0.05, 0) is 20.8 Å². The van der Waals surface area contributed by atoms with Gasteiger partial charge < -0.3 is 14.2 Å². The summed E-state index contributed by atoms with van der Waals surface area (Å²) in [4.78, 5) is 34.5. The monoisotopic (exact) mass is 282 g/mol. The summed E-state index contributed by atoms with van der Waals surface area (Å²) in [7, 11) is 0. The highest BCUT2D eigenvalue weighted by Gasteiger charge is 2.38. The van der Waals surface area contributed by atoms with Crippen LogP contribution in [0.15, 0.2) is 36.5 Å². The van der Waals surface area contributed by atoms with E-state index < -0.39 is 23.9 Å². The van der Waals surface area contributed by atoms with Gasteiger partial charge in [-0.2, -0.15) is 0 Å². The van der Waals surface area contributed by atoms with Gasteiger partial charge in [0.15, 0.2) is 0 Å². The molecule has 0 saturated carbocycles. The lowest BCUT2D eigenvalue weighted by Crippen LogP contribution is -2.42. The second-order valence-corrected chi connectivity index (χ2v) is 4.37. The van der Waals surface area contributed by atoms with Crippen LogP contribution in [0.4, 0.5) is 0 Å². The Morgan fingerprint density at radius 1 is 0.700 bits per heavy atom. The quantitative estimate of drug-likeness (QED) is 0.421. The standard InChI is InChI=1S/C14H18O6/c1-8(2)11(15)18-14(7,19-12(16)9(3)4)20-13(17)10(5)6/h1,3,5H2,2,4,6-7H3. The first-order valence-corrected chi connectivity index (χ1v) is 5.65. The maximum Gasteiger partial charge on any atom is 0.421 e. The van der Waals surface area contributed by atoms with Crippen molar-refractivity contribution in [3.8, 4) is 0 Å². The van der Waals surface area contributed by atoms with Gasteiger partial charge in [-0.3, -0.25) is 0 Å². The molecule has 0 bridgehead atoms. The van der Waals surface area contributed by atoms with Gasteiger partial charge in [-0.25, -0.2) is 14.4 Å². The van der Waals surface area contributed by atoms with E-state index in [0.29, 0.717) is 0 Å². The molecule has 0 aromatic carbocycles. The Bertz CT molecular complexity index is 417. The number of hydrogen-bond acceptors (Lipinski definition) is 6. The molecule has 6 nitrogen and oxygen atoms in total. The van der Waals surface area contributed by atoms with Gasteiger partial charge in [0.1, 0.15) is 0 Å². The van der Waals surface area contributed by atoms with Gasteiger partial charge in [0.25, 0.3) is 0 Å². The summed E-state index contributed by atoms with van der Waals surface area (Å²) in [5.74, 6) is -4.85. The van der Waals surface area contributed by atoms with Gasteiger partial charge in [0.2, 0.25) is 0 Å². The summed E-state index contributed by atoms with van der Waals surface area (Å²) >= 11 is 0. The van der Waals surface area contributed by atoms with Crippen LogP contribution >= 0.6 is 0 Å². The van der Waals surface area contributed by atoms with Crippen molar-refractivity contribution in [2.24, 2.45) is 0 Å². The van der Waals surface area contributed by atoms with Crippen molar-refractivity contribution in [2.45, 2.75) is 33.7 Å². The zero-order valence-electron chi connectivity index (χ0n) is 12.1. The molecule has 0 atom stereocenters. The smallest absolute Gasteiger partial charge is 0.385 e. The van der Waals surface area contributed by atoms with Crippen molar-refractivity contribution < 1.29 is 28.6 Å². The van der Waals surface area contributed by atoms with E-state index in [0.717, 1.165) is 6.92 Å². The number of hydrogen-bond donors (Lipinski definition) is 0. The molecular weight excluding hydrogens is 264 g/mol. The summed E-state index contributed by atoms with van der Waals surface area (Å²) in [6.45, 7) is 15.4. The molecule has 0 heterocycles. The Kier molecular flexibility index (Phi) is 5.90. The molecule has 0 aromatic heterocycles. The van der Waals surface area contributed by atoms with Gasteiger partial charge in [-0.1, -0.05) is 19.7 Å². The minimum absolute atomic E-state index is 0.0500. The molecule has 110 valence electrons. The average Bonchev–Trinajstić information content (AvgIpc) is 2.27. The van der Waals surface area contributed by atoms with Crippen molar-refractivity contribution in [3.63, 3.8) is 0 Å². The lowest BCUT2D eigenvalue weighted by atomic mass is 10.3. The predicted molar refractivity (Wildman–Crippen MR) is 71.1 cm³/mol. The summed E-state index contributed by atoms with van der Waals surface area (Å²) < 4.78 is 14.5. The number of esters is 3. The number of carbonyl (C=O) groups excluding carboxylic acids is 3. The molecule has 0 amide bonds. The molecule has 0 fully saturated rings. The molecule has 6 heteroatoms. The van der Waals surface area contributed by atoms with Crippen molar-refractivity contribution in [1.82, 2.24) is 0 Å². The predicted octanol–water partition coefficient (Wildman–Crippen LogP) is 2.02. The van der Waals surface area contributed by atoms with Gasteiger partial charge >= 0.3 is 23.9 Å². The minimum atomic E-state index is -2.22. The lowest BCUT2D eigenvalue weighted by Gasteiger charge is -2.28. The number of ether oxygens (including phenoxy) is 3. The topological polar surface area (TPSA) is 78.9 Å². The third kappa shape index (κ3) is 5.51. The Morgan fingerprint density at radius 3 is 1.05 bits per heavy atom. The first kappa shape index (κ1) is 17.6. The molecule has 0 aliphatic heterocycles. The summed E-state index contributed by atoms with van der Waals surface area (Å²) in [5, 5.41) is 0. The summed E-state index contributed by atoms with van der Waals surface area (Å²) in [5.41, 5.74) is 0.150. The van der Waals surface area contributed by atoms with Gasteiger partial charge in [0.05, 0.1) is 6.92 Å². The molecule has 0 aliphatic carbocycles. The average molecular weight is 282 g/mol. The largest absolute Gasteiger partial charge is 0.421 e. The first-order valence-electron chi connectivity index (χ1n) is 5.65. The van der Waals surface area contributed by atoms with E-state index in [1.165, 1.54) is 20.8 Å². The van der Waals surface area contributed by atoms with Crippen molar-refractivity contribution in [3.05, 3.63) is 36.5 Å². The fourth-order valence-electron chi connectivity index (χ4n) is 0.829. The van der Waals surface area contributed by atoms with Crippen LogP contribution in [0.2, 0.25) is 0 Å². The Balaban J connectivity index is 5.21. The fraction of sp³-hybridized carbons (Fsp3) is 0.357. The van der Waals surface area contributed by atoms with Crippen molar-refractivity contribution in [2.75, 3.05) is 0 Å². The van der Waals surface area contributed by atoms with E-state index in [9.17, 15) is 14.4 Å². The van der Waals surface area contributed by atoms with Crippen LogP contribution in [-0.4, -0.2) is 23.9 Å². The van der Waals surface area contributed by atoms with Gasteiger partial charge in [0, 0.05) is 16.7 Å². The van der Waals surface area contributed by atoms with Crippen LogP contribution in [0.25, 0.3) is 0 Å². The lowest BCUT2D eigenvalue weighted by molar-refractivity contribution is -0.315. The molecule has 0 radical (unpaired) electrons. The van der Waals surface area contributed by atoms with Crippen molar-refractivity contribution >= 4 is 17.9 Å². The Morgan fingerprint density at radius 2 is 0.900 bits per heavy atom. The van der Waals surface area contributed by atoms with Crippen LogP contribution < -0.4 is 0 Å². The van der Waals surface area contributed by atoms with E-state index in [-0.39, 0.29) is 16.7 Å². The third-order valence-corrected chi connectivity index (χ3v) is 1.88. The van der Waals surface area contributed by atoms with Crippen LogP contribution in [0, 0.1) is 0 Å². The number of carbonyl (C=O) groups is 3. The minimum Gasteiger partial charge on any atom is -0.385 e. The molecule has 0 aromatic rings. The second kappa shape index (κ2) is 6.70. The molecule has 0 aliphatic rings. The zero-order valence-corrected chi connectivity index (χ0v) is 12.1. The molecule has 0 N–H and O–H groups in total. The number of rotatable bonds is 6. The van der Waals surface area contributed by atoms with Crippen LogP contribution in [0.1, 0.15) is 27.7 Å². The second-order valence-electron chi connectivity index (χ2n) is 4.37. The molecule has 0 saturated heterocycles. The molecule has 0 rings (SSSR count). The van der Waals surface area contributed by atoms with Gasteiger partial charge in [-0.15, -0.1) is 0 Å². The van der Waals surface area contributed by atoms with Crippen molar-refractivity contribution in [1.29, 1.82) is 0 Å². The van der Waals surface area contributed by atoms with E-state index in [1.807, 2.05) is 0 Å². The zero-order chi connectivity index (χ0) is 16.1. The van der Waals surface area contributed by atoms with E-state index in [4.69, 9.17) is 14.2 Å². The Hall–Kier alpha value is -2.37. The van der Waals surface area contributed by atoms with Crippen LogP contribution in [-0.2, 0) is 28.6 Å². The van der Waals surface area contributed by atoms with Crippen LogP contribution in [0.3, 0.4) is 0 Å². The maximum atomic E-state index is 11.5. The molecular formula is C14H18O6. The highest BCUT2D eigenvalue weighted by Crippen LogP contribution is 2.20. The van der Waals surface area contributed by atoms with Crippen LogP contribution in [0.5, 0.6) is 0 Å². The highest BCUT2D eigenvalue weighted by molar-refractivity contribution is 5.90. The molecule has 0 unspecified atom stereocenters. The summed E-state index contributed by atoms with van der Waals surface area (Å²) in [6.07, 6.45) is 0. The summed E-state index contributed by atoms with van der Waals surface area (Å²) in [6, 6.07) is 0. The first-order chi connectivity index (χ1) is 8.98. The normalized spacial score (nSPS) is 10.2. The third-order valence-electron chi connectivity index (χ3n) is 1.88. The highest BCUT2D eigenvalue weighted by atomic mass is 16.9. The Labute approximate surface area is 117 Å². The van der Waals surface area contributed by atoms with E-state index >= 15 is 0 Å². The van der Waals surface area contributed by atoms with E-state index in [1.54, 1.807) is 0 Å². The van der Waals surface area contributed by atoms with E-state index in [2.05, 4.69) is 19.7 Å². The molecule has 0 spiro atoms.